The molecular formula is C25H28N2O2. The average Bonchev–Trinajstić information content (AvgIpc) is 3.50. The number of hydrogen-bond donors (Lipinski definition) is 0. The molecule has 6 aliphatic rings. The second kappa shape index (κ2) is 6.23. The highest BCUT2D eigenvalue weighted by Gasteiger charge is 2.55. The predicted molar refractivity (Wildman–Crippen MR) is 112 cm³/mol. The van der Waals surface area contributed by atoms with Crippen molar-refractivity contribution >= 4 is 0 Å². The summed E-state index contributed by atoms with van der Waals surface area (Å²) in [5.41, 5.74) is 4.58. The van der Waals surface area contributed by atoms with Crippen LogP contribution in [0.2, 0.25) is 0 Å². The van der Waals surface area contributed by atoms with E-state index in [2.05, 4.69) is 52.3 Å². The highest BCUT2D eigenvalue weighted by Crippen LogP contribution is 2.49. The van der Waals surface area contributed by atoms with Crippen molar-refractivity contribution in [1.82, 2.24) is 9.80 Å². The Morgan fingerprint density at radius 1 is 0.828 bits per heavy atom. The van der Waals surface area contributed by atoms with Gasteiger partial charge < -0.3 is 9.47 Å². The first kappa shape index (κ1) is 16.7. The number of benzene rings is 2. The number of fused-ring (bicyclic) bond motifs is 4. The second-order valence-electron chi connectivity index (χ2n) is 9.60. The van der Waals surface area contributed by atoms with E-state index in [4.69, 9.17) is 9.47 Å². The maximum Gasteiger partial charge on any atom is 0.231 e. The van der Waals surface area contributed by atoms with E-state index >= 15 is 0 Å². The number of ether oxygens (including phenoxy) is 2. The molecule has 8 rings (SSSR count). The lowest BCUT2D eigenvalue weighted by molar-refractivity contribution is -0.0175. The van der Waals surface area contributed by atoms with Crippen molar-refractivity contribution in [2.45, 2.75) is 49.7 Å². The summed E-state index contributed by atoms with van der Waals surface area (Å²) in [4.78, 5) is 5.73. The fraction of sp³-hybridized carbons (Fsp3) is 0.520. The Morgan fingerprint density at radius 3 is 2.38 bits per heavy atom. The van der Waals surface area contributed by atoms with Gasteiger partial charge in [-0.25, -0.2) is 0 Å². The molecule has 29 heavy (non-hydrogen) atoms. The molecule has 0 spiro atoms. The Hall–Kier alpha value is -2.04. The zero-order chi connectivity index (χ0) is 18.9. The summed E-state index contributed by atoms with van der Waals surface area (Å²) in [7, 11) is 0. The zero-order valence-electron chi connectivity index (χ0n) is 16.8. The molecule has 3 atom stereocenters. The van der Waals surface area contributed by atoms with Crippen molar-refractivity contribution < 1.29 is 9.47 Å². The molecule has 5 aliphatic heterocycles. The molecule has 2 bridgehead atoms. The Morgan fingerprint density at radius 2 is 1.59 bits per heavy atom. The van der Waals surface area contributed by atoms with Crippen LogP contribution in [-0.4, -0.2) is 54.4 Å². The summed E-state index contributed by atoms with van der Waals surface area (Å²) >= 11 is 0. The van der Waals surface area contributed by atoms with Crippen molar-refractivity contribution in [2.75, 3.05) is 26.4 Å². The van der Waals surface area contributed by atoms with Gasteiger partial charge in [0.05, 0.1) is 0 Å². The molecule has 4 fully saturated rings. The van der Waals surface area contributed by atoms with Crippen LogP contribution in [0.1, 0.15) is 35.4 Å². The van der Waals surface area contributed by atoms with Crippen LogP contribution in [0, 0.1) is 5.92 Å². The zero-order valence-corrected chi connectivity index (χ0v) is 16.8. The minimum Gasteiger partial charge on any atom is -0.454 e. The smallest absolute Gasteiger partial charge is 0.231 e. The van der Waals surface area contributed by atoms with E-state index in [1.807, 2.05) is 0 Å². The van der Waals surface area contributed by atoms with Gasteiger partial charge >= 0.3 is 0 Å². The molecule has 0 N–H and O–H groups in total. The molecule has 0 saturated carbocycles. The van der Waals surface area contributed by atoms with Gasteiger partial charge in [-0.1, -0.05) is 30.3 Å². The SMILES string of the molecule is c1ccc2c(c1)CC(N1C[C@@H](c3ccc4c(c3)OCO4)[C@@H]3[C@H]1C1CCN3CC1)C2. The van der Waals surface area contributed by atoms with Crippen LogP contribution in [0.3, 0.4) is 0 Å². The average molecular weight is 389 g/mol. The van der Waals surface area contributed by atoms with Crippen LogP contribution < -0.4 is 9.47 Å². The van der Waals surface area contributed by atoms with E-state index in [1.165, 1.54) is 50.9 Å². The summed E-state index contributed by atoms with van der Waals surface area (Å²) in [5, 5.41) is 0. The van der Waals surface area contributed by atoms with E-state index in [-0.39, 0.29) is 0 Å². The monoisotopic (exact) mass is 388 g/mol. The largest absolute Gasteiger partial charge is 0.454 e. The molecule has 4 nitrogen and oxygen atoms in total. The predicted octanol–water partition coefficient (Wildman–Crippen LogP) is 3.44. The first-order chi connectivity index (χ1) is 14.3. The van der Waals surface area contributed by atoms with Crippen LogP contribution in [0.5, 0.6) is 11.5 Å². The lowest BCUT2D eigenvalue weighted by Crippen LogP contribution is -2.61. The van der Waals surface area contributed by atoms with E-state index in [0.29, 0.717) is 30.8 Å². The highest BCUT2D eigenvalue weighted by molar-refractivity contribution is 5.46. The normalized spacial score (nSPS) is 35.1. The van der Waals surface area contributed by atoms with Gasteiger partial charge in [0.1, 0.15) is 0 Å². The van der Waals surface area contributed by atoms with Crippen LogP contribution in [0.4, 0.5) is 0 Å². The molecule has 4 saturated heterocycles. The van der Waals surface area contributed by atoms with Gasteiger partial charge in [-0.2, -0.15) is 0 Å². The van der Waals surface area contributed by atoms with Crippen LogP contribution in [0.15, 0.2) is 42.5 Å². The van der Waals surface area contributed by atoms with Crippen LogP contribution in [-0.2, 0) is 12.8 Å². The molecule has 2 aromatic rings. The van der Waals surface area contributed by atoms with Crippen molar-refractivity contribution in [1.29, 1.82) is 0 Å². The summed E-state index contributed by atoms with van der Waals surface area (Å²) in [6, 6.07) is 17.8. The van der Waals surface area contributed by atoms with Crippen molar-refractivity contribution in [3.63, 3.8) is 0 Å². The lowest BCUT2D eigenvalue weighted by Gasteiger charge is -2.52. The molecule has 0 aromatic heterocycles. The fourth-order valence-corrected chi connectivity index (χ4v) is 7.08. The first-order valence-corrected chi connectivity index (χ1v) is 11.3. The van der Waals surface area contributed by atoms with Gasteiger partial charge in [0.15, 0.2) is 11.5 Å². The third kappa shape index (κ3) is 2.45. The molecule has 4 heteroatoms. The Labute approximate surface area is 172 Å². The molecule has 0 amide bonds. The van der Waals surface area contributed by atoms with Gasteiger partial charge in [-0.15, -0.1) is 0 Å². The van der Waals surface area contributed by atoms with Gasteiger partial charge in [0, 0.05) is 30.6 Å². The maximum absolute atomic E-state index is 5.72. The minimum atomic E-state index is 0.357. The van der Waals surface area contributed by atoms with E-state index in [0.717, 1.165) is 17.4 Å². The molecule has 1 aliphatic carbocycles. The van der Waals surface area contributed by atoms with Gasteiger partial charge in [0.25, 0.3) is 0 Å². The van der Waals surface area contributed by atoms with E-state index in [9.17, 15) is 0 Å². The molecular weight excluding hydrogens is 360 g/mol. The Kier molecular flexibility index (Phi) is 3.59. The second-order valence-corrected chi connectivity index (χ2v) is 9.60. The Balaban J connectivity index is 1.25. The van der Waals surface area contributed by atoms with E-state index in [1.54, 1.807) is 11.1 Å². The number of rotatable bonds is 2. The van der Waals surface area contributed by atoms with Crippen LogP contribution in [0.25, 0.3) is 0 Å². The molecule has 2 aromatic carbocycles. The quantitative estimate of drug-likeness (QED) is 0.787. The summed E-state index contributed by atoms with van der Waals surface area (Å²) in [6.07, 6.45) is 5.20. The molecule has 0 radical (unpaired) electrons. The summed E-state index contributed by atoms with van der Waals surface area (Å²) in [6.45, 7) is 4.11. The third-order valence-corrected chi connectivity index (χ3v) is 8.35. The molecule has 0 unspecified atom stereocenters. The van der Waals surface area contributed by atoms with Crippen molar-refractivity contribution in [3.8, 4) is 11.5 Å². The maximum atomic E-state index is 5.72. The van der Waals surface area contributed by atoms with E-state index < -0.39 is 0 Å². The molecule has 5 heterocycles. The van der Waals surface area contributed by atoms with Crippen LogP contribution >= 0.6 is 0 Å². The van der Waals surface area contributed by atoms with Gasteiger partial charge in [0.2, 0.25) is 6.79 Å². The van der Waals surface area contributed by atoms with Gasteiger partial charge in [-0.05, 0) is 73.5 Å². The Bertz CT molecular complexity index is 927. The lowest BCUT2D eigenvalue weighted by atomic mass is 9.75. The number of nitrogens with zero attached hydrogens (tertiary/aromatic N) is 2. The summed E-state index contributed by atoms with van der Waals surface area (Å²) < 4.78 is 11.3. The number of piperidine rings is 3. The third-order valence-electron chi connectivity index (χ3n) is 8.35. The number of hydrogen-bond acceptors (Lipinski definition) is 4. The highest BCUT2D eigenvalue weighted by atomic mass is 16.7. The van der Waals surface area contributed by atoms with Gasteiger partial charge in [-0.3, -0.25) is 9.80 Å². The number of likely N-dealkylation sites (tertiary alicyclic amines) is 1. The fourth-order valence-electron chi connectivity index (χ4n) is 7.08. The standard InChI is InChI=1S/C25H28N2O2/c1-2-4-18-12-20(11-17(18)3-1)27-14-21(19-5-6-22-23(13-19)29-15-28-22)25-24(27)16-7-9-26(25)10-8-16/h1-6,13,16,20-21,24-25H,7-12,14-15H2/t21-,24+,25+/m0/s1. The topological polar surface area (TPSA) is 24.9 Å². The van der Waals surface area contributed by atoms with Crippen molar-refractivity contribution in [2.24, 2.45) is 5.92 Å². The molecule has 150 valence electrons. The first-order valence-electron chi connectivity index (χ1n) is 11.3. The minimum absolute atomic E-state index is 0.357. The van der Waals surface area contributed by atoms with Crippen molar-refractivity contribution in [3.05, 3.63) is 59.2 Å². The summed E-state index contributed by atoms with van der Waals surface area (Å²) in [5.74, 6) is 3.27.